The SMILES string of the molecule is CC(C)C1CC(NC2CC2)CN(C2CCC2C)C1. The van der Waals surface area contributed by atoms with E-state index in [1.807, 2.05) is 0 Å². The second-order valence-corrected chi connectivity index (χ2v) is 7.45. The van der Waals surface area contributed by atoms with Gasteiger partial charge in [-0.25, -0.2) is 0 Å². The first-order valence-electron chi connectivity index (χ1n) is 8.13. The molecule has 3 aliphatic rings. The Hall–Kier alpha value is -0.0800. The minimum absolute atomic E-state index is 0.770. The van der Waals surface area contributed by atoms with E-state index in [1.54, 1.807) is 0 Å². The Morgan fingerprint density at radius 1 is 1.00 bits per heavy atom. The lowest BCUT2D eigenvalue weighted by Crippen LogP contribution is -2.57. The van der Waals surface area contributed by atoms with Gasteiger partial charge in [0.25, 0.3) is 0 Å². The summed E-state index contributed by atoms with van der Waals surface area (Å²) >= 11 is 0. The lowest BCUT2D eigenvalue weighted by Gasteiger charge is -2.49. The van der Waals surface area contributed by atoms with Crippen LogP contribution in [-0.4, -0.2) is 36.1 Å². The van der Waals surface area contributed by atoms with Gasteiger partial charge < -0.3 is 5.32 Å². The predicted octanol–water partition coefficient (Wildman–Crippen LogP) is 2.88. The molecule has 2 saturated carbocycles. The normalized spacial score (nSPS) is 42.0. The van der Waals surface area contributed by atoms with Crippen molar-refractivity contribution in [2.75, 3.05) is 13.1 Å². The number of nitrogens with zero attached hydrogens (tertiary/aromatic N) is 1. The van der Waals surface area contributed by atoms with E-state index in [0.717, 1.165) is 35.9 Å². The van der Waals surface area contributed by atoms with E-state index in [-0.39, 0.29) is 0 Å². The van der Waals surface area contributed by atoms with Gasteiger partial charge in [-0.05, 0) is 49.9 Å². The van der Waals surface area contributed by atoms with Gasteiger partial charge in [-0.2, -0.15) is 0 Å². The summed E-state index contributed by atoms with van der Waals surface area (Å²) in [5.74, 6) is 2.69. The fourth-order valence-electron chi connectivity index (χ4n) is 3.82. The van der Waals surface area contributed by atoms with Crippen LogP contribution in [0.3, 0.4) is 0 Å². The maximum absolute atomic E-state index is 3.88. The summed E-state index contributed by atoms with van der Waals surface area (Å²) in [5, 5.41) is 3.88. The van der Waals surface area contributed by atoms with Gasteiger partial charge in [0.1, 0.15) is 0 Å². The van der Waals surface area contributed by atoms with Gasteiger partial charge in [-0.3, -0.25) is 4.90 Å². The zero-order valence-electron chi connectivity index (χ0n) is 12.4. The Labute approximate surface area is 113 Å². The highest BCUT2D eigenvalue weighted by Crippen LogP contribution is 2.36. The van der Waals surface area contributed by atoms with Gasteiger partial charge in [0, 0.05) is 31.2 Å². The summed E-state index contributed by atoms with van der Waals surface area (Å²) < 4.78 is 0. The molecule has 0 spiro atoms. The van der Waals surface area contributed by atoms with Crippen LogP contribution in [0, 0.1) is 17.8 Å². The Balaban J connectivity index is 1.61. The number of likely N-dealkylation sites (tertiary alicyclic amines) is 1. The largest absolute Gasteiger partial charge is 0.310 e. The van der Waals surface area contributed by atoms with Gasteiger partial charge >= 0.3 is 0 Å². The molecule has 3 fully saturated rings. The molecule has 4 unspecified atom stereocenters. The van der Waals surface area contributed by atoms with Crippen LogP contribution < -0.4 is 5.32 Å². The molecule has 0 bridgehead atoms. The lowest BCUT2D eigenvalue weighted by molar-refractivity contribution is 0.0129. The van der Waals surface area contributed by atoms with Crippen LogP contribution >= 0.6 is 0 Å². The molecule has 104 valence electrons. The zero-order valence-corrected chi connectivity index (χ0v) is 12.4. The second kappa shape index (κ2) is 5.13. The van der Waals surface area contributed by atoms with Crippen molar-refractivity contribution in [2.45, 2.75) is 71.0 Å². The minimum atomic E-state index is 0.770. The Morgan fingerprint density at radius 2 is 1.78 bits per heavy atom. The molecule has 0 aromatic carbocycles. The molecule has 1 aliphatic heterocycles. The molecule has 0 amide bonds. The third-order valence-corrected chi connectivity index (χ3v) is 5.55. The maximum atomic E-state index is 3.88. The summed E-state index contributed by atoms with van der Waals surface area (Å²) in [6, 6.07) is 2.53. The summed E-state index contributed by atoms with van der Waals surface area (Å²) in [6.45, 7) is 9.93. The lowest BCUT2D eigenvalue weighted by atomic mass is 9.77. The van der Waals surface area contributed by atoms with Crippen LogP contribution in [0.25, 0.3) is 0 Å². The molecule has 1 saturated heterocycles. The maximum Gasteiger partial charge on any atom is 0.0200 e. The molecule has 2 aliphatic carbocycles. The second-order valence-electron chi connectivity index (χ2n) is 7.45. The predicted molar refractivity (Wildman–Crippen MR) is 76.6 cm³/mol. The molecule has 0 radical (unpaired) electrons. The highest BCUT2D eigenvalue weighted by molar-refractivity contribution is 4.95. The Morgan fingerprint density at radius 3 is 2.28 bits per heavy atom. The molecule has 0 aromatic heterocycles. The molecule has 18 heavy (non-hydrogen) atoms. The van der Waals surface area contributed by atoms with Crippen molar-refractivity contribution in [2.24, 2.45) is 17.8 Å². The monoisotopic (exact) mass is 250 g/mol. The molecule has 1 heterocycles. The van der Waals surface area contributed by atoms with Gasteiger partial charge in [-0.1, -0.05) is 20.8 Å². The third-order valence-electron chi connectivity index (χ3n) is 5.55. The highest BCUT2D eigenvalue weighted by atomic mass is 15.2. The van der Waals surface area contributed by atoms with E-state index >= 15 is 0 Å². The van der Waals surface area contributed by atoms with E-state index in [2.05, 4.69) is 31.0 Å². The Kier molecular flexibility index (Phi) is 3.68. The minimum Gasteiger partial charge on any atom is -0.310 e. The first-order valence-corrected chi connectivity index (χ1v) is 8.13. The average molecular weight is 250 g/mol. The Bertz CT molecular complexity index is 285. The number of nitrogens with one attached hydrogen (secondary N) is 1. The summed E-state index contributed by atoms with van der Waals surface area (Å²) in [7, 11) is 0. The molecular weight excluding hydrogens is 220 g/mol. The van der Waals surface area contributed by atoms with Gasteiger partial charge in [0.05, 0.1) is 0 Å². The molecular formula is C16H30N2. The van der Waals surface area contributed by atoms with Crippen LogP contribution in [0.15, 0.2) is 0 Å². The van der Waals surface area contributed by atoms with Crippen LogP contribution in [-0.2, 0) is 0 Å². The standard InChI is InChI=1S/C16H30N2/c1-11(2)13-8-15(17-14-5-6-14)10-18(9-13)16-7-4-12(16)3/h11-17H,4-10H2,1-3H3. The van der Waals surface area contributed by atoms with Crippen LogP contribution in [0.4, 0.5) is 0 Å². The van der Waals surface area contributed by atoms with Crippen molar-refractivity contribution >= 4 is 0 Å². The zero-order chi connectivity index (χ0) is 12.7. The van der Waals surface area contributed by atoms with Gasteiger partial charge in [0.2, 0.25) is 0 Å². The van der Waals surface area contributed by atoms with Crippen LogP contribution in [0.5, 0.6) is 0 Å². The summed E-state index contributed by atoms with van der Waals surface area (Å²) in [6.07, 6.45) is 7.15. The van der Waals surface area contributed by atoms with E-state index in [0.29, 0.717) is 0 Å². The number of hydrogen-bond donors (Lipinski definition) is 1. The van der Waals surface area contributed by atoms with E-state index < -0.39 is 0 Å². The fraction of sp³-hybridized carbons (Fsp3) is 1.00. The summed E-state index contributed by atoms with van der Waals surface area (Å²) in [4.78, 5) is 2.82. The van der Waals surface area contributed by atoms with Gasteiger partial charge in [0.15, 0.2) is 0 Å². The topological polar surface area (TPSA) is 15.3 Å². The quantitative estimate of drug-likeness (QED) is 0.825. The highest BCUT2D eigenvalue weighted by Gasteiger charge is 2.39. The molecule has 3 rings (SSSR count). The molecule has 0 aromatic rings. The van der Waals surface area contributed by atoms with Crippen molar-refractivity contribution in [3.63, 3.8) is 0 Å². The molecule has 2 heteroatoms. The summed E-state index contributed by atoms with van der Waals surface area (Å²) in [5.41, 5.74) is 0. The molecule has 1 N–H and O–H groups in total. The smallest absolute Gasteiger partial charge is 0.0200 e. The third kappa shape index (κ3) is 2.75. The molecule has 4 atom stereocenters. The van der Waals surface area contributed by atoms with Crippen molar-refractivity contribution in [3.8, 4) is 0 Å². The van der Waals surface area contributed by atoms with E-state index in [1.165, 1.54) is 45.2 Å². The first-order chi connectivity index (χ1) is 8.63. The van der Waals surface area contributed by atoms with Crippen molar-refractivity contribution in [1.29, 1.82) is 0 Å². The first kappa shape index (κ1) is 12.9. The number of hydrogen-bond acceptors (Lipinski definition) is 2. The average Bonchev–Trinajstić information content (AvgIpc) is 3.10. The van der Waals surface area contributed by atoms with Crippen LogP contribution in [0.2, 0.25) is 0 Å². The fourth-order valence-corrected chi connectivity index (χ4v) is 3.82. The van der Waals surface area contributed by atoms with E-state index in [4.69, 9.17) is 0 Å². The van der Waals surface area contributed by atoms with E-state index in [9.17, 15) is 0 Å². The van der Waals surface area contributed by atoms with Crippen molar-refractivity contribution in [3.05, 3.63) is 0 Å². The van der Waals surface area contributed by atoms with Crippen LogP contribution in [0.1, 0.15) is 52.9 Å². The van der Waals surface area contributed by atoms with Crippen molar-refractivity contribution < 1.29 is 0 Å². The van der Waals surface area contributed by atoms with Gasteiger partial charge in [-0.15, -0.1) is 0 Å². The van der Waals surface area contributed by atoms with Crippen molar-refractivity contribution in [1.82, 2.24) is 10.2 Å². The number of piperidine rings is 1. The molecule has 2 nitrogen and oxygen atoms in total. The number of rotatable bonds is 4.